The van der Waals surface area contributed by atoms with Gasteiger partial charge in [0.25, 0.3) is 11.6 Å². The number of amides is 1. The molecule has 92 valence electrons. The fourth-order valence-corrected chi connectivity index (χ4v) is 1.22. The van der Waals surface area contributed by atoms with Gasteiger partial charge in [-0.1, -0.05) is 11.6 Å². The fourth-order valence-electron chi connectivity index (χ4n) is 1.03. The summed E-state index contributed by atoms with van der Waals surface area (Å²) in [6.45, 7) is 1.52. The first-order chi connectivity index (χ1) is 7.91. The monoisotopic (exact) mass is 259 g/mol. The van der Waals surface area contributed by atoms with Crippen molar-refractivity contribution in [1.29, 1.82) is 0 Å². The Labute approximate surface area is 102 Å². The fraction of sp³-hybridized carbons (Fsp3) is 0.333. The molecule has 0 aliphatic carbocycles. The number of hydrogen-bond acceptors (Lipinski definition) is 5. The Morgan fingerprint density at radius 2 is 2.41 bits per heavy atom. The molecule has 1 rings (SSSR count). The van der Waals surface area contributed by atoms with Crippen molar-refractivity contribution in [2.45, 2.75) is 13.0 Å². The molecule has 0 aliphatic rings. The Bertz CT molecular complexity index is 450. The average Bonchev–Trinajstić information content (AvgIpc) is 2.26. The van der Waals surface area contributed by atoms with Crippen molar-refractivity contribution >= 4 is 23.2 Å². The molecule has 1 aromatic heterocycles. The van der Waals surface area contributed by atoms with Gasteiger partial charge in [0.1, 0.15) is 11.3 Å². The van der Waals surface area contributed by atoms with E-state index in [9.17, 15) is 14.9 Å². The highest BCUT2D eigenvalue weighted by Gasteiger charge is 2.17. The molecule has 7 nitrogen and oxygen atoms in total. The Morgan fingerprint density at radius 3 is 2.94 bits per heavy atom. The highest BCUT2D eigenvalue weighted by molar-refractivity contribution is 6.32. The van der Waals surface area contributed by atoms with E-state index < -0.39 is 16.9 Å². The second kappa shape index (κ2) is 5.55. The standard InChI is InChI=1S/C9H10ClN3O4/c1-5(14)3-12-9(15)7-2-6(13(16)17)4-11-8(7)10/h2,4-5,14H,3H2,1H3,(H,12,15)/t5-/m1/s1. The summed E-state index contributed by atoms with van der Waals surface area (Å²) in [5.41, 5.74) is -0.418. The molecule has 0 saturated carbocycles. The lowest BCUT2D eigenvalue weighted by atomic mass is 10.2. The minimum atomic E-state index is -0.718. The maximum atomic E-state index is 11.6. The van der Waals surface area contributed by atoms with Gasteiger partial charge in [0, 0.05) is 12.6 Å². The summed E-state index contributed by atoms with van der Waals surface area (Å²) in [5, 5.41) is 21.7. The molecule has 0 aliphatic heterocycles. The Balaban J connectivity index is 2.92. The molecular weight excluding hydrogens is 250 g/mol. The first-order valence-electron chi connectivity index (χ1n) is 4.68. The molecule has 1 aromatic rings. The van der Waals surface area contributed by atoms with Crippen molar-refractivity contribution in [1.82, 2.24) is 10.3 Å². The van der Waals surface area contributed by atoms with Crippen molar-refractivity contribution in [2.75, 3.05) is 6.54 Å². The number of carbonyl (C=O) groups is 1. The molecule has 0 unspecified atom stereocenters. The first-order valence-corrected chi connectivity index (χ1v) is 5.06. The zero-order valence-corrected chi connectivity index (χ0v) is 9.64. The van der Waals surface area contributed by atoms with Crippen LogP contribution in [0.1, 0.15) is 17.3 Å². The van der Waals surface area contributed by atoms with Crippen molar-refractivity contribution in [3.05, 3.63) is 33.1 Å². The van der Waals surface area contributed by atoms with E-state index in [2.05, 4.69) is 10.3 Å². The van der Waals surface area contributed by atoms with Crippen LogP contribution in [-0.4, -0.2) is 33.6 Å². The molecule has 2 N–H and O–H groups in total. The molecular formula is C9H10ClN3O4. The largest absolute Gasteiger partial charge is 0.392 e. The Hall–Kier alpha value is -1.73. The predicted molar refractivity (Wildman–Crippen MR) is 59.9 cm³/mol. The van der Waals surface area contributed by atoms with Crippen LogP contribution in [0.2, 0.25) is 5.15 Å². The van der Waals surface area contributed by atoms with Gasteiger partial charge in [-0.25, -0.2) is 4.98 Å². The van der Waals surface area contributed by atoms with E-state index in [0.29, 0.717) is 0 Å². The van der Waals surface area contributed by atoms with Gasteiger partial charge in [-0.2, -0.15) is 0 Å². The maximum Gasteiger partial charge on any atom is 0.288 e. The second-order valence-electron chi connectivity index (χ2n) is 3.35. The number of aliphatic hydroxyl groups is 1. The van der Waals surface area contributed by atoms with Crippen LogP contribution in [0.3, 0.4) is 0 Å². The molecule has 0 saturated heterocycles. The lowest BCUT2D eigenvalue weighted by Crippen LogP contribution is -2.30. The number of nitrogens with zero attached hydrogens (tertiary/aromatic N) is 2. The summed E-state index contributed by atoms with van der Waals surface area (Å²) in [4.78, 5) is 25.0. The van der Waals surface area contributed by atoms with Gasteiger partial charge in [0.2, 0.25) is 0 Å². The minimum Gasteiger partial charge on any atom is -0.392 e. The molecule has 0 spiro atoms. The number of pyridine rings is 1. The molecule has 1 atom stereocenters. The van der Waals surface area contributed by atoms with E-state index in [0.717, 1.165) is 12.3 Å². The summed E-state index contributed by atoms with van der Waals surface area (Å²) in [5.74, 6) is -0.618. The van der Waals surface area contributed by atoms with Crippen molar-refractivity contribution in [2.24, 2.45) is 0 Å². The molecule has 0 fully saturated rings. The zero-order valence-electron chi connectivity index (χ0n) is 8.88. The number of halogens is 1. The summed E-state index contributed by atoms with van der Waals surface area (Å²) >= 11 is 5.65. The van der Waals surface area contributed by atoms with Gasteiger partial charge in [0.05, 0.1) is 16.6 Å². The number of aliphatic hydroxyl groups excluding tert-OH is 1. The minimum absolute atomic E-state index is 0.0256. The zero-order chi connectivity index (χ0) is 13.0. The second-order valence-corrected chi connectivity index (χ2v) is 3.71. The summed E-state index contributed by atoms with van der Waals surface area (Å²) in [7, 11) is 0. The van der Waals surface area contributed by atoms with Crippen LogP contribution in [-0.2, 0) is 0 Å². The maximum absolute atomic E-state index is 11.6. The van der Waals surface area contributed by atoms with Gasteiger partial charge in [-0.05, 0) is 6.92 Å². The van der Waals surface area contributed by atoms with Crippen LogP contribution in [0.15, 0.2) is 12.3 Å². The van der Waals surface area contributed by atoms with Gasteiger partial charge >= 0.3 is 0 Å². The molecule has 0 aromatic carbocycles. The lowest BCUT2D eigenvalue weighted by Gasteiger charge is -2.07. The van der Waals surface area contributed by atoms with Gasteiger partial charge in [-0.15, -0.1) is 0 Å². The third kappa shape index (κ3) is 3.65. The third-order valence-corrected chi connectivity index (χ3v) is 2.14. The van der Waals surface area contributed by atoms with Crippen LogP contribution in [0, 0.1) is 10.1 Å². The quantitative estimate of drug-likeness (QED) is 0.472. The van der Waals surface area contributed by atoms with Crippen molar-refractivity contribution < 1.29 is 14.8 Å². The van der Waals surface area contributed by atoms with E-state index in [1.165, 1.54) is 6.92 Å². The predicted octanol–water partition coefficient (Wildman–Crippen LogP) is 0.754. The Morgan fingerprint density at radius 1 is 1.76 bits per heavy atom. The number of nitro groups is 1. The van der Waals surface area contributed by atoms with Crippen LogP contribution in [0.25, 0.3) is 0 Å². The molecule has 17 heavy (non-hydrogen) atoms. The van der Waals surface area contributed by atoms with E-state index in [4.69, 9.17) is 16.7 Å². The number of nitrogens with one attached hydrogen (secondary N) is 1. The van der Waals surface area contributed by atoms with Crippen LogP contribution in [0.4, 0.5) is 5.69 Å². The highest BCUT2D eigenvalue weighted by atomic mass is 35.5. The molecule has 0 bridgehead atoms. The molecule has 0 radical (unpaired) electrons. The molecule has 1 amide bonds. The topological polar surface area (TPSA) is 105 Å². The number of carbonyl (C=O) groups excluding carboxylic acids is 1. The molecule has 1 heterocycles. The van der Waals surface area contributed by atoms with Crippen molar-refractivity contribution in [3.63, 3.8) is 0 Å². The summed E-state index contributed by atoms with van der Waals surface area (Å²) in [6.07, 6.45) is 0.248. The van der Waals surface area contributed by atoms with Gasteiger partial charge in [-0.3, -0.25) is 14.9 Å². The van der Waals surface area contributed by atoms with Crippen LogP contribution >= 0.6 is 11.6 Å². The van der Waals surface area contributed by atoms with Gasteiger partial charge in [0.15, 0.2) is 0 Å². The Kier molecular flexibility index (Phi) is 4.36. The number of hydrogen-bond donors (Lipinski definition) is 2. The summed E-state index contributed by atoms with van der Waals surface area (Å²) in [6, 6.07) is 1.03. The van der Waals surface area contributed by atoms with Gasteiger partial charge < -0.3 is 10.4 Å². The van der Waals surface area contributed by atoms with E-state index in [-0.39, 0.29) is 22.9 Å². The smallest absolute Gasteiger partial charge is 0.288 e. The van der Waals surface area contributed by atoms with E-state index in [1.54, 1.807) is 0 Å². The summed E-state index contributed by atoms with van der Waals surface area (Å²) < 4.78 is 0. The normalized spacial score (nSPS) is 11.9. The van der Waals surface area contributed by atoms with Crippen LogP contribution in [0.5, 0.6) is 0 Å². The SMILES string of the molecule is C[C@@H](O)CNC(=O)c1cc([N+](=O)[O-])cnc1Cl. The lowest BCUT2D eigenvalue weighted by molar-refractivity contribution is -0.385. The highest BCUT2D eigenvalue weighted by Crippen LogP contribution is 2.18. The van der Waals surface area contributed by atoms with Crippen LogP contribution < -0.4 is 5.32 Å². The first kappa shape index (κ1) is 13.3. The third-order valence-electron chi connectivity index (χ3n) is 1.84. The van der Waals surface area contributed by atoms with Crippen molar-refractivity contribution in [3.8, 4) is 0 Å². The average molecular weight is 260 g/mol. The van der Waals surface area contributed by atoms with E-state index >= 15 is 0 Å². The van der Waals surface area contributed by atoms with E-state index in [1.807, 2.05) is 0 Å². The molecule has 8 heteroatoms. The number of aromatic nitrogens is 1. The number of rotatable bonds is 4.